The Morgan fingerprint density at radius 3 is 1.81 bits per heavy atom. The normalized spacial score (nSPS) is 11.6. The third-order valence-corrected chi connectivity index (χ3v) is 13.2. The third kappa shape index (κ3) is 9.47. The number of carbonyl (C=O) groups excluding carboxylic acids is 1. The summed E-state index contributed by atoms with van der Waals surface area (Å²) in [6.07, 6.45) is 5.50. The van der Waals surface area contributed by atoms with Crippen LogP contribution in [0.15, 0.2) is 172 Å². The minimum atomic E-state index is -4.23. The van der Waals surface area contributed by atoms with Gasteiger partial charge in [0.05, 0.1) is 35.9 Å². The summed E-state index contributed by atoms with van der Waals surface area (Å²) < 4.78 is 81.9. The summed E-state index contributed by atoms with van der Waals surface area (Å²) in [4.78, 5) is 30.0. The molecular weight excluding hydrogens is 850 g/mol. The van der Waals surface area contributed by atoms with Gasteiger partial charge in [-0.15, -0.1) is 0 Å². The zero-order valence-electron chi connectivity index (χ0n) is 29.4. The second kappa shape index (κ2) is 17.1. The predicted molar refractivity (Wildman–Crippen MR) is 219 cm³/mol. The Hall–Kier alpha value is -6.24. The lowest BCUT2D eigenvalue weighted by atomic mass is 10.0. The molecule has 294 valence electrons. The van der Waals surface area contributed by atoms with Crippen molar-refractivity contribution in [3.8, 4) is 0 Å². The van der Waals surface area contributed by atoms with Crippen LogP contribution in [0, 0.1) is 10.1 Å². The van der Waals surface area contributed by atoms with Crippen LogP contribution in [0.4, 0.5) is 17.1 Å². The number of rotatable bonds is 11. The molecule has 7 aromatic rings. The van der Waals surface area contributed by atoms with Crippen molar-refractivity contribution in [3.05, 3.63) is 183 Å². The molecule has 0 radical (unpaired) electrons. The molecule has 7 rings (SSSR count). The predicted octanol–water partition coefficient (Wildman–Crippen LogP) is 8.20. The Kier molecular flexibility index (Phi) is 12.2. The number of sulfone groups is 1. The van der Waals surface area contributed by atoms with Gasteiger partial charge in [-0.2, -0.15) is 0 Å². The van der Waals surface area contributed by atoms with Gasteiger partial charge in [0.2, 0.25) is 9.84 Å². The maximum absolute atomic E-state index is 13.0. The largest absolute Gasteiger partial charge is 0.288 e. The minimum absolute atomic E-state index is 0.0887. The molecule has 0 unspecified atom stereocenters. The van der Waals surface area contributed by atoms with Gasteiger partial charge in [-0.25, -0.2) is 25.3 Å². The molecule has 0 saturated heterocycles. The number of nitro groups is 1. The zero-order valence-corrected chi connectivity index (χ0v) is 33.4. The van der Waals surface area contributed by atoms with Gasteiger partial charge in [-0.3, -0.25) is 34.3 Å². The number of hydrogen-bond donors (Lipinski definition) is 2. The summed E-state index contributed by atoms with van der Waals surface area (Å²) in [5.74, 6) is -0.378. The van der Waals surface area contributed by atoms with Crippen LogP contribution in [0.1, 0.15) is 15.9 Å². The van der Waals surface area contributed by atoms with Gasteiger partial charge >= 0.3 is 0 Å². The van der Waals surface area contributed by atoms with E-state index in [0.29, 0.717) is 10.6 Å². The van der Waals surface area contributed by atoms with E-state index >= 15 is 0 Å². The topological polar surface area (TPSA) is 212 Å². The first-order valence-corrected chi connectivity index (χ1v) is 21.7. The van der Waals surface area contributed by atoms with E-state index in [4.69, 9.17) is 23.2 Å². The molecule has 5 aromatic carbocycles. The van der Waals surface area contributed by atoms with E-state index in [2.05, 4.69) is 19.4 Å². The average Bonchev–Trinajstić information content (AvgIpc) is 3.22. The maximum Gasteiger partial charge on any atom is 0.269 e. The average molecular weight is 877 g/mol. The Balaban J connectivity index is 0.000000196. The van der Waals surface area contributed by atoms with Crippen molar-refractivity contribution in [2.24, 2.45) is 0 Å². The van der Waals surface area contributed by atoms with Crippen molar-refractivity contribution in [1.82, 2.24) is 9.97 Å². The SMILES string of the molecule is O=C(c1cccnc1)c1cc(Cl)ccc1NS(=O)(=O)c1ccc2ccccc2c1.O=[N+]([O-])c1ccc(S(=O)(=O)Nc2ccc(Cl)cc2S(=O)(=O)c2cccnc2)cc1. The molecule has 0 bridgehead atoms. The Bertz CT molecular complexity index is 3020. The standard InChI is InChI=1S/C22H15ClN2O3S.C17H12ClN3O6S2/c23-18-8-10-21(20(13-18)22(26)17-6-3-11-24-14-17)25-29(27,28)19-9-7-15-4-1-2-5-16(15)12-19;18-12-3-8-16(17(10-12)28(24,25)15-2-1-9-19-11-15)20-29(26,27)14-6-4-13(5-7-14)21(22)23/h1-14,25H;1-11,20H. The van der Waals surface area contributed by atoms with Crippen molar-refractivity contribution < 1.29 is 35.0 Å². The molecule has 0 aliphatic heterocycles. The number of hydrogen-bond acceptors (Lipinski definition) is 11. The number of carbonyl (C=O) groups is 1. The van der Waals surface area contributed by atoms with Crippen molar-refractivity contribution >= 4 is 86.7 Å². The highest BCUT2D eigenvalue weighted by molar-refractivity contribution is 7.93. The first-order valence-electron chi connectivity index (χ1n) is 16.5. The van der Waals surface area contributed by atoms with Gasteiger partial charge < -0.3 is 0 Å². The van der Waals surface area contributed by atoms with Crippen molar-refractivity contribution in [1.29, 1.82) is 0 Å². The van der Waals surface area contributed by atoms with E-state index in [1.54, 1.807) is 30.5 Å². The van der Waals surface area contributed by atoms with Gasteiger partial charge in [0.25, 0.3) is 25.7 Å². The zero-order chi connectivity index (χ0) is 41.7. The van der Waals surface area contributed by atoms with Crippen LogP contribution in [0.2, 0.25) is 10.0 Å². The second-order valence-corrected chi connectivity index (χ2v) is 18.2. The Labute approximate surface area is 342 Å². The molecule has 19 heteroatoms. The molecule has 0 atom stereocenters. The third-order valence-electron chi connectivity index (χ3n) is 8.21. The molecular formula is C39H27Cl2N5O9S3. The number of non-ortho nitro benzene ring substituents is 1. The lowest BCUT2D eigenvalue weighted by molar-refractivity contribution is -0.384. The summed E-state index contributed by atoms with van der Waals surface area (Å²) in [7, 11) is -12.3. The first-order chi connectivity index (χ1) is 27.5. The van der Waals surface area contributed by atoms with E-state index < -0.39 is 34.8 Å². The molecule has 14 nitrogen and oxygen atoms in total. The van der Waals surface area contributed by atoms with Gasteiger partial charge in [0, 0.05) is 58.1 Å². The Morgan fingerprint density at radius 2 is 1.17 bits per heavy atom. The van der Waals surface area contributed by atoms with E-state index in [-0.39, 0.29) is 53.0 Å². The van der Waals surface area contributed by atoms with Crippen LogP contribution in [-0.4, -0.2) is 45.9 Å². The number of nitro benzene ring substituents is 1. The lowest BCUT2D eigenvalue weighted by Gasteiger charge is -2.13. The van der Waals surface area contributed by atoms with E-state index in [0.717, 1.165) is 47.3 Å². The van der Waals surface area contributed by atoms with Crippen LogP contribution in [-0.2, 0) is 29.9 Å². The van der Waals surface area contributed by atoms with E-state index in [9.17, 15) is 40.2 Å². The summed E-state index contributed by atoms with van der Waals surface area (Å²) in [5.41, 5.74) is 0.124. The smallest absolute Gasteiger partial charge is 0.269 e. The molecule has 2 N–H and O–H groups in total. The maximum atomic E-state index is 13.0. The quantitative estimate of drug-likeness (QED) is 0.0718. The second-order valence-electron chi connectivity index (χ2n) is 12.1. The molecule has 0 amide bonds. The molecule has 0 fully saturated rings. The summed E-state index contributed by atoms with van der Waals surface area (Å²) >= 11 is 12.0. The fourth-order valence-electron chi connectivity index (χ4n) is 5.37. The number of nitrogens with one attached hydrogen (secondary N) is 2. The lowest BCUT2D eigenvalue weighted by Crippen LogP contribution is -2.16. The number of ketones is 1. The number of pyridine rings is 2. The van der Waals surface area contributed by atoms with Crippen LogP contribution >= 0.6 is 23.2 Å². The van der Waals surface area contributed by atoms with Gasteiger partial charge in [0.1, 0.15) is 0 Å². The Morgan fingerprint density at radius 1 is 0.586 bits per heavy atom. The van der Waals surface area contributed by atoms with Gasteiger partial charge in [0.15, 0.2) is 5.78 Å². The highest BCUT2D eigenvalue weighted by atomic mass is 35.5. The molecule has 2 heterocycles. The molecule has 0 spiro atoms. The molecule has 0 aliphatic rings. The van der Waals surface area contributed by atoms with Gasteiger partial charge in [-0.05, 0) is 95.7 Å². The van der Waals surface area contributed by atoms with E-state index in [1.165, 1.54) is 60.9 Å². The van der Waals surface area contributed by atoms with Crippen LogP contribution in [0.25, 0.3) is 10.8 Å². The highest BCUT2D eigenvalue weighted by Crippen LogP contribution is 2.32. The molecule has 0 saturated carbocycles. The summed E-state index contributed by atoms with van der Waals surface area (Å²) in [6.45, 7) is 0. The summed E-state index contributed by atoms with van der Waals surface area (Å²) in [6, 6.07) is 30.6. The van der Waals surface area contributed by atoms with Crippen molar-refractivity contribution in [2.45, 2.75) is 19.6 Å². The fraction of sp³-hybridized carbons (Fsp3) is 0. The molecule has 58 heavy (non-hydrogen) atoms. The number of halogens is 2. The number of aromatic nitrogens is 2. The monoisotopic (exact) mass is 875 g/mol. The van der Waals surface area contributed by atoms with Crippen molar-refractivity contribution in [2.75, 3.05) is 9.44 Å². The number of benzene rings is 5. The number of fused-ring (bicyclic) bond motifs is 1. The van der Waals surface area contributed by atoms with Gasteiger partial charge in [-0.1, -0.05) is 53.5 Å². The van der Waals surface area contributed by atoms with Crippen molar-refractivity contribution in [3.63, 3.8) is 0 Å². The molecule has 2 aromatic heterocycles. The fourth-order valence-corrected chi connectivity index (χ4v) is 9.44. The number of anilines is 2. The highest BCUT2D eigenvalue weighted by Gasteiger charge is 2.26. The summed E-state index contributed by atoms with van der Waals surface area (Å²) in [5, 5.41) is 12.9. The minimum Gasteiger partial charge on any atom is -0.288 e. The number of sulfonamides is 2. The molecule has 0 aliphatic carbocycles. The first kappa shape index (κ1) is 41.4. The van der Waals surface area contributed by atoms with E-state index in [1.807, 2.05) is 24.3 Å². The van der Waals surface area contributed by atoms with Crippen LogP contribution < -0.4 is 9.44 Å². The van der Waals surface area contributed by atoms with Crippen LogP contribution in [0.3, 0.4) is 0 Å². The number of nitrogens with zero attached hydrogens (tertiary/aromatic N) is 3. The van der Waals surface area contributed by atoms with Crippen LogP contribution in [0.5, 0.6) is 0 Å².